The molecule has 0 aromatic carbocycles. The first kappa shape index (κ1) is 11.6. The summed E-state index contributed by atoms with van der Waals surface area (Å²) < 4.78 is 2.10. The first-order valence-corrected chi connectivity index (χ1v) is 5.97. The highest BCUT2D eigenvalue weighted by Crippen LogP contribution is 2.10. The van der Waals surface area contributed by atoms with E-state index in [-0.39, 0.29) is 0 Å². The minimum Gasteiger partial charge on any atom is -0.356 e. The van der Waals surface area contributed by atoms with Crippen LogP contribution in [0.2, 0.25) is 0 Å². The zero-order valence-electron chi connectivity index (χ0n) is 10.3. The molecule has 2 heterocycles. The van der Waals surface area contributed by atoms with Crippen LogP contribution in [0.4, 0.5) is 5.95 Å². The quantitative estimate of drug-likeness (QED) is 0.858. The Kier molecular flexibility index (Phi) is 3.75. The molecule has 0 saturated carbocycles. The number of hydrogen-bond acceptors (Lipinski definition) is 3. The molecule has 2 aromatic heterocycles. The Balaban J connectivity index is 2.14. The summed E-state index contributed by atoms with van der Waals surface area (Å²) in [6, 6.07) is 5.96. The molecule has 4 heteroatoms. The van der Waals surface area contributed by atoms with Crippen molar-refractivity contribution in [2.45, 2.75) is 26.8 Å². The number of hydrogen-bond donors (Lipinski definition) is 1. The van der Waals surface area contributed by atoms with Crippen molar-refractivity contribution < 1.29 is 0 Å². The van der Waals surface area contributed by atoms with E-state index < -0.39 is 0 Å². The van der Waals surface area contributed by atoms with Crippen molar-refractivity contribution in [1.29, 1.82) is 0 Å². The minimum atomic E-state index is 0.758. The molecule has 2 aromatic rings. The van der Waals surface area contributed by atoms with Crippen LogP contribution in [0, 0.1) is 6.92 Å². The van der Waals surface area contributed by atoms with Crippen molar-refractivity contribution in [3.8, 4) is 0 Å². The Bertz CT molecular complexity index is 462. The zero-order valence-corrected chi connectivity index (χ0v) is 10.3. The Hall–Kier alpha value is -1.84. The van der Waals surface area contributed by atoms with Crippen LogP contribution in [-0.2, 0) is 6.54 Å². The Morgan fingerprint density at radius 3 is 2.94 bits per heavy atom. The van der Waals surface area contributed by atoms with E-state index in [1.165, 1.54) is 0 Å². The highest BCUT2D eigenvalue weighted by atomic mass is 15.2. The van der Waals surface area contributed by atoms with E-state index in [1.807, 2.05) is 37.5 Å². The lowest BCUT2D eigenvalue weighted by atomic mass is 10.3. The van der Waals surface area contributed by atoms with E-state index in [2.05, 4.69) is 26.8 Å². The summed E-state index contributed by atoms with van der Waals surface area (Å²) in [6.45, 7) is 5.85. The molecule has 90 valence electrons. The van der Waals surface area contributed by atoms with Crippen LogP contribution >= 0.6 is 0 Å². The molecule has 2 rings (SSSR count). The smallest absolute Gasteiger partial charge is 0.203 e. The maximum atomic E-state index is 4.47. The van der Waals surface area contributed by atoms with Crippen LogP contribution < -0.4 is 5.32 Å². The van der Waals surface area contributed by atoms with Gasteiger partial charge in [0.2, 0.25) is 5.95 Å². The van der Waals surface area contributed by atoms with Gasteiger partial charge in [0, 0.05) is 18.9 Å². The van der Waals surface area contributed by atoms with Gasteiger partial charge in [0.15, 0.2) is 0 Å². The summed E-state index contributed by atoms with van der Waals surface area (Å²) in [5.74, 6) is 0.926. The predicted molar refractivity (Wildman–Crippen MR) is 69.1 cm³/mol. The molecule has 4 nitrogen and oxygen atoms in total. The van der Waals surface area contributed by atoms with Gasteiger partial charge in [-0.25, -0.2) is 4.98 Å². The Labute approximate surface area is 102 Å². The molecular weight excluding hydrogens is 212 g/mol. The van der Waals surface area contributed by atoms with E-state index in [0.717, 1.165) is 36.8 Å². The zero-order chi connectivity index (χ0) is 12.1. The molecule has 0 unspecified atom stereocenters. The molecule has 0 amide bonds. The molecule has 17 heavy (non-hydrogen) atoms. The fraction of sp³-hybridized carbons (Fsp3) is 0.385. The molecule has 0 aliphatic rings. The molecular formula is C13H18N4. The third-order valence-corrected chi connectivity index (χ3v) is 2.49. The van der Waals surface area contributed by atoms with E-state index in [4.69, 9.17) is 0 Å². The summed E-state index contributed by atoms with van der Waals surface area (Å²) in [6.07, 6.45) is 4.96. The summed E-state index contributed by atoms with van der Waals surface area (Å²) in [5.41, 5.74) is 2.07. The number of aromatic nitrogens is 3. The highest BCUT2D eigenvalue weighted by molar-refractivity contribution is 5.29. The highest BCUT2D eigenvalue weighted by Gasteiger charge is 2.05. The van der Waals surface area contributed by atoms with Crippen molar-refractivity contribution in [2.75, 3.05) is 11.9 Å². The van der Waals surface area contributed by atoms with Crippen LogP contribution in [-0.4, -0.2) is 21.1 Å². The average Bonchev–Trinajstić information content (AvgIpc) is 2.68. The van der Waals surface area contributed by atoms with Gasteiger partial charge in [0.25, 0.3) is 0 Å². The predicted octanol–water partition coefficient (Wildman–Crippen LogP) is 2.46. The topological polar surface area (TPSA) is 42.7 Å². The molecule has 0 bridgehead atoms. The van der Waals surface area contributed by atoms with Crippen molar-refractivity contribution in [3.63, 3.8) is 0 Å². The lowest BCUT2D eigenvalue weighted by Crippen LogP contribution is -2.09. The molecule has 0 fully saturated rings. The summed E-state index contributed by atoms with van der Waals surface area (Å²) >= 11 is 0. The third kappa shape index (κ3) is 3.06. The SMILES string of the molecule is CCCNc1nc(C)cn1Cc1ccccn1. The maximum Gasteiger partial charge on any atom is 0.203 e. The van der Waals surface area contributed by atoms with Crippen LogP contribution in [0.15, 0.2) is 30.6 Å². The molecule has 0 aliphatic carbocycles. The first-order chi connectivity index (χ1) is 8.29. The first-order valence-electron chi connectivity index (χ1n) is 5.97. The summed E-state index contributed by atoms with van der Waals surface area (Å²) in [4.78, 5) is 8.80. The number of rotatable bonds is 5. The number of aryl methyl sites for hydroxylation is 1. The molecule has 0 spiro atoms. The normalized spacial score (nSPS) is 10.5. The number of imidazole rings is 1. The molecule has 0 aliphatic heterocycles. The molecule has 0 saturated heterocycles. The van der Waals surface area contributed by atoms with Crippen molar-refractivity contribution >= 4 is 5.95 Å². The maximum absolute atomic E-state index is 4.47. The standard InChI is InChI=1S/C13H18N4/c1-3-7-15-13-16-11(2)9-17(13)10-12-6-4-5-8-14-12/h4-6,8-9H,3,7,10H2,1-2H3,(H,15,16). The van der Waals surface area contributed by atoms with Gasteiger partial charge in [-0.05, 0) is 25.5 Å². The van der Waals surface area contributed by atoms with Gasteiger partial charge in [0.05, 0.1) is 17.9 Å². The van der Waals surface area contributed by atoms with E-state index in [9.17, 15) is 0 Å². The van der Waals surface area contributed by atoms with Crippen molar-refractivity contribution in [3.05, 3.63) is 42.0 Å². The number of nitrogens with one attached hydrogen (secondary N) is 1. The second-order valence-corrected chi connectivity index (χ2v) is 4.08. The van der Waals surface area contributed by atoms with Gasteiger partial charge in [0.1, 0.15) is 0 Å². The number of pyridine rings is 1. The van der Waals surface area contributed by atoms with Crippen LogP contribution in [0.3, 0.4) is 0 Å². The number of anilines is 1. The lowest BCUT2D eigenvalue weighted by Gasteiger charge is -2.08. The van der Waals surface area contributed by atoms with Gasteiger partial charge in [-0.15, -0.1) is 0 Å². The van der Waals surface area contributed by atoms with Crippen LogP contribution in [0.25, 0.3) is 0 Å². The van der Waals surface area contributed by atoms with E-state index in [0.29, 0.717) is 0 Å². The number of nitrogens with zero attached hydrogens (tertiary/aromatic N) is 3. The molecule has 1 N–H and O–H groups in total. The Morgan fingerprint density at radius 1 is 1.35 bits per heavy atom. The van der Waals surface area contributed by atoms with Gasteiger partial charge >= 0.3 is 0 Å². The van der Waals surface area contributed by atoms with Crippen molar-refractivity contribution in [2.24, 2.45) is 0 Å². The fourth-order valence-corrected chi connectivity index (χ4v) is 1.71. The largest absolute Gasteiger partial charge is 0.356 e. The van der Waals surface area contributed by atoms with E-state index >= 15 is 0 Å². The molecule has 0 radical (unpaired) electrons. The van der Waals surface area contributed by atoms with Crippen LogP contribution in [0.1, 0.15) is 24.7 Å². The van der Waals surface area contributed by atoms with Gasteiger partial charge < -0.3 is 9.88 Å². The van der Waals surface area contributed by atoms with Gasteiger partial charge in [-0.1, -0.05) is 13.0 Å². The summed E-state index contributed by atoms with van der Waals surface area (Å²) in [5, 5.41) is 3.33. The Morgan fingerprint density at radius 2 is 2.24 bits per heavy atom. The van der Waals surface area contributed by atoms with Gasteiger partial charge in [-0.2, -0.15) is 0 Å². The second kappa shape index (κ2) is 5.48. The van der Waals surface area contributed by atoms with Crippen molar-refractivity contribution in [1.82, 2.24) is 14.5 Å². The monoisotopic (exact) mass is 230 g/mol. The van der Waals surface area contributed by atoms with Crippen LogP contribution in [0.5, 0.6) is 0 Å². The molecule has 0 atom stereocenters. The summed E-state index contributed by atoms with van der Waals surface area (Å²) in [7, 11) is 0. The van der Waals surface area contributed by atoms with E-state index in [1.54, 1.807) is 0 Å². The fourth-order valence-electron chi connectivity index (χ4n) is 1.71. The third-order valence-electron chi connectivity index (χ3n) is 2.49. The minimum absolute atomic E-state index is 0.758. The second-order valence-electron chi connectivity index (χ2n) is 4.08. The lowest BCUT2D eigenvalue weighted by molar-refractivity contribution is 0.771. The van der Waals surface area contributed by atoms with Gasteiger partial charge in [-0.3, -0.25) is 4.98 Å². The average molecular weight is 230 g/mol.